The van der Waals surface area contributed by atoms with E-state index in [2.05, 4.69) is 16.7 Å². The summed E-state index contributed by atoms with van der Waals surface area (Å²) >= 11 is 0. The number of benzene rings is 1. The van der Waals surface area contributed by atoms with Crippen LogP contribution in [0.2, 0.25) is 0 Å². The van der Waals surface area contributed by atoms with Crippen molar-refractivity contribution in [3.63, 3.8) is 0 Å². The minimum absolute atomic E-state index is 0.00966. The number of hydrogen-bond acceptors (Lipinski definition) is 1. The number of para-hydroxylation sites is 1. The summed E-state index contributed by atoms with van der Waals surface area (Å²) in [7, 11) is 2.00. The van der Waals surface area contributed by atoms with Gasteiger partial charge in [-0.2, -0.15) is 0 Å². The van der Waals surface area contributed by atoms with Crippen molar-refractivity contribution < 1.29 is 6.17 Å². The van der Waals surface area contributed by atoms with Gasteiger partial charge in [0.15, 0.2) is 0 Å². The molecule has 2 nitrogen and oxygen atoms in total. The molecule has 0 bridgehead atoms. The lowest BCUT2D eigenvalue weighted by atomic mass is 9.94. The van der Waals surface area contributed by atoms with Gasteiger partial charge >= 0.3 is 0 Å². The number of rotatable bonds is 4. The van der Waals surface area contributed by atoms with Gasteiger partial charge in [0.1, 0.15) is 5.78 Å². The van der Waals surface area contributed by atoms with Crippen molar-refractivity contribution >= 4 is 16.7 Å². The lowest BCUT2D eigenvalue weighted by molar-refractivity contribution is -0.119. The van der Waals surface area contributed by atoms with E-state index in [1.54, 1.807) is 0 Å². The molecular weight excluding hydrogens is 210 g/mol. The van der Waals surface area contributed by atoms with Gasteiger partial charge in [0.25, 0.3) is 0 Å². The van der Waals surface area contributed by atoms with Crippen molar-refractivity contribution in [2.24, 2.45) is 7.05 Å². The molecule has 1 aromatic carbocycles. The van der Waals surface area contributed by atoms with E-state index in [1.165, 1.54) is 0 Å². The average molecular weight is 230 g/mol. The molecule has 2 aromatic rings. The molecule has 2 atom stereocenters. The third kappa shape index (κ3) is 2.26. The normalized spacial score (nSPS) is 15.6. The molecule has 0 radical (unpaired) electrons. The van der Waals surface area contributed by atoms with Crippen molar-refractivity contribution in [3.05, 3.63) is 36.0 Å². The second kappa shape index (κ2) is 4.74. The summed E-state index contributed by atoms with van der Waals surface area (Å²) in [5.41, 5.74) is 2.24. The Kier molecular flexibility index (Phi) is 2.95. The minimum atomic E-state index is -0.666. The van der Waals surface area contributed by atoms with Crippen LogP contribution in [-0.4, -0.2) is 10.4 Å². The molecule has 0 fully saturated rings. The Bertz CT molecular complexity index is 573. The number of fused-ring (bicyclic) bond motifs is 1. The van der Waals surface area contributed by atoms with Gasteiger partial charge in [0, 0.05) is 38.3 Å². The van der Waals surface area contributed by atoms with E-state index in [0.29, 0.717) is 6.42 Å². The molecule has 0 aliphatic heterocycles. The lowest BCUT2D eigenvalue weighted by Gasteiger charge is -2.08. The summed E-state index contributed by atoms with van der Waals surface area (Å²) in [4.78, 5) is 11.7. The van der Waals surface area contributed by atoms with Gasteiger partial charge in [0.05, 0.1) is 0 Å². The van der Waals surface area contributed by atoms with E-state index in [0.717, 1.165) is 16.5 Å². The summed E-state index contributed by atoms with van der Waals surface area (Å²) in [5.74, 6) is -0.0565. The van der Waals surface area contributed by atoms with Crippen LogP contribution in [0, 0.1) is 0 Å². The van der Waals surface area contributed by atoms with Crippen molar-refractivity contribution in [1.29, 1.82) is 0 Å². The highest BCUT2D eigenvalue weighted by Gasteiger charge is 2.15. The van der Waals surface area contributed by atoms with Crippen molar-refractivity contribution in [2.75, 3.05) is 0 Å². The highest BCUT2D eigenvalue weighted by atomic mass is 16.1. The maximum Gasteiger partial charge on any atom is 0.133 e. The van der Waals surface area contributed by atoms with Crippen molar-refractivity contribution in [2.45, 2.75) is 32.6 Å². The van der Waals surface area contributed by atoms with Crippen LogP contribution < -0.4 is 0 Å². The number of Topliss-reactive ketones (excluding diaryl/α,β-unsaturated/α-hetero) is 1. The summed E-state index contributed by atoms with van der Waals surface area (Å²) in [6, 6.07) is 8.13. The van der Waals surface area contributed by atoms with Crippen LogP contribution in [0.25, 0.3) is 10.9 Å². The number of aromatic nitrogens is 1. The second-order valence-corrected chi connectivity index (χ2v) is 4.49. The Balaban J connectivity index is 2.45. The van der Waals surface area contributed by atoms with Crippen LogP contribution in [0.4, 0.5) is 0 Å². The zero-order valence-electron chi connectivity index (χ0n) is 11.6. The summed E-state index contributed by atoms with van der Waals surface area (Å²) in [6.45, 7) is 3.78. The van der Waals surface area contributed by atoms with E-state index in [-0.39, 0.29) is 11.7 Å². The summed E-state index contributed by atoms with van der Waals surface area (Å²) < 4.78 is 10.1. The fraction of sp³-hybridized carbons (Fsp3) is 0.400. The van der Waals surface area contributed by atoms with Gasteiger partial charge in [-0.3, -0.25) is 4.79 Å². The number of ketones is 1. The Morgan fingerprint density at radius 3 is 2.88 bits per heavy atom. The molecule has 0 aliphatic carbocycles. The van der Waals surface area contributed by atoms with Gasteiger partial charge in [-0.15, -0.1) is 0 Å². The Morgan fingerprint density at radius 2 is 2.18 bits per heavy atom. The molecule has 90 valence electrons. The molecule has 0 aliphatic rings. The maximum absolute atomic E-state index is 11.7. The number of aryl methyl sites for hydroxylation is 1. The third-order valence-corrected chi connectivity index (χ3v) is 3.20. The molecule has 0 spiro atoms. The van der Waals surface area contributed by atoms with E-state index in [9.17, 15) is 4.79 Å². The van der Waals surface area contributed by atoms with Gasteiger partial charge in [-0.1, -0.05) is 32.0 Å². The fourth-order valence-corrected chi connectivity index (χ4v) is 2.22. The maximum atomic E-state index is 11.7. The highest BCUT2D eigenvalue weighted by molar-refractivity contribution is 5.86. The Hall–Kier alpha value is -1.57. The minimum Gasteiger partial charge on any atom is -0.350 e. The zero-order chi connectivity index (χ0) is 13.3. The fourth-order valence-electron chi connectivity index (χ4n) is 2.22. The predicted octanol–water partition coefficient (Wildman–Crippen LogP) is 3.65. The standard InChI is InChI=1S/C15H19NO/c1-4-12(17)9-11(2)14-10-16(3)15-8-6-5-7-13(14)15/h5-8,10-11H,4,9H2,1-3H3/t11-/m0/s1/i9D/t9-,11-. The van der Waals surface area contributed by atoms with E-state index in [1.807, 2.05) is 39.2 Å². The molecule has 2 rings (SSSR count). The number of hydrogen-bond donors (Lipinski definition) is 0. The van der Waals surface area contributed by atoms with E-state index < -0.39 is 6.40 Å². The predicted molar refractivity (Wildman–Crippen MR) is 71.2 cm³/mol. The number of nitrogens with zero attached hydrogens (tertiary/aromatic N) is 1. The van der Waals surface area contributed by atoms with Crippen molar-refractivity contribution in [3.8, 4) is 0 Å². The van der Waals surface area contributed by atoms with Crippen molar-refractivity contribution in [1.82, 2.24) is 4.57 Å². The summed E-state index contributed by atoms with van der Waals surface area (Å²) in [6.07, 6.45) is 1.81. The molecule has 1 aromatic heterocycles. The largest absolute Gasteiger partial charge is 0.350 e. The molecule has 0 N–H and O–H groups in total. The Morgan fingerprint density at radius 1 is 1.47 bits per heavy atom. The molecule has 0 amide bonds. The van der Waals surface area contributed by atoms with Crippen LogP contribution in [0.15, 0.2) is 30.5 Å². The molecule has 1 heterocycles. The van der Waals surface area contributed by atoms with E-state index in [4.69, 9.17) is 1.37 Å². The van der Waals surface area contributed by atoms with Gasteiger partial charge in [-0.25, -0.2) is 0 Å². The number of carbonyl (C=O) groups is 1. The van der Waals surface area contributed by atoms with Crippen LogP contribution in [-0.2, 0) is 11.8 Å². The first kappa shape index (κ1) is 10.6. The molecule has 0 unspecified atom stereocenters. The van der Waals surface area contributed by atoms with Gasteiger partial charge in [0.2, 0.25) is 0 Å². The van der Waals surface area contributed by atoms with E-state index >= 15 is 0 Å². The molecule has 0 saturated heterocycles. The SMILES string of the molecule is [2H][C@H](C(=O)CC)[C@H](C)c1cn(C)c2ccccc12. The lowest BCUT2D eigenvalue weighted by Crippen LogP contribution is -2.02. The van der Waals surface area contributed by atoms with Crippen LogP contribution in [0.3, 0.4) is 0 Å². The first-order valence-electron chi connectivity index (χ1n) is 6.63. The topological polar surface area (TPSA) is 22.0 Å². The third-order valence-electron chi connectivity index (χ3n) is 3.20. The van der Waals surface area contributed by atoms with Gasteiger partial charge < -0.3 is 4.57 Å². The number of carbonyl (C=O) groups excluding carboxylic acids is 1. The van der Waals surface area contributed by atoms with Crippen LogP contribution in [0.5, 0.6) is 0 Å². The molecule has 17 heavy (non-hydrogen) atoms. The first-order valence-corrected chi connectivity index (χ1v) is 6.05. The van der Waals surface area contributed by atoms with Crippen LogP contribution in [0.1, 0.15) is 39.5 Å². The molecule has 2 heteroatoms. The first-order chi connectivity index (χ1) is 8.56. The van der Waals surface area contributed by atoms with Crippen LogP contribution >= 0.6 is 0 Å². The highest BCUT2D eigenvalue weighted by Crippen LogP contribution is 2.29. The quantitative estimate of drug-likeness (QED) is 0.785. The smallest absolute Gasteiger partial charge is 0.133 e. The zero-order valence-corrected chi connectivity index (χ0v) is 10.6. The monoisotopic (exact) mass is 230 g/mol. The average Bonchev–Trinajstić information content (AvgIpc) is 2.74. The molecule has 0 saturated carbocycles. The van der Waals surface area contributed by atoms with Gasteiger partial charge in [-0.05, 0) is 17.5 Å². The Labute approximate surface area is 104 Å². The molecular formula is C15H19NO. The second-order valence-electron chi connectivity index (χ2n) is 4.49. The summed E-state index contributed by atoms with van der Waals surface area (Å²) in [5, 5.41) is 1.15.